The third-order valence-corrected chi connectivity index (χ3v) is 4.15. The van der Waals surface area contributed by atoms with Gasteiger partial charge in [-0.15, -0.1) is 0 Å². The van der Waals surface area contributed by atoms with Crippen LogP contribution in [0.15, 0.2) is 21.3 Å². The van der Waals surface area contributed by atoms with E-state index >= 15 is 0 Å². The maximum absolute atomic E-state index is 12.5. The van der Waals surface area contributed by atoms with Gasteiger partial charge in [-0.3, -0.25) is 9.59 Å². The molecule has 7 nitrogen and oxygen atoms in total. The first-order valence-electron chi connectivity index (χ1n) is 7.35. The SMILES string of the molecule is Cc1cc(=O)cc(C(=O)N2CCC[C@]3(CC2)CNC(=O)O3)o1. The van der Waals surface area contributed by atoms with E-state index in [1.165, 1.54) is 12.1 Å². The number of ether oxygens (including phenoxy) is 1. The van der Waals surface area contributed by atoms with Gasteiger partial charge in [-0.05, 0) is 19.8 Å². The fraction of sp³-hybridized carbons (Fsp3) is 0.533. The number of rotatable bonds is 1. The maximum Gasteiger partial charge on any atom is 0.407 e. The van der Waals surface area contributed by atoms with Gasteiger partial charge in [0.15, 0.2) is 11.2 Å². The number of likely N-dealkylation sites (tertiary alicyclic amines) is 1. The summed E-state index contributed by atoms with van der Waals surface area (Å²) in [5, 5.41) is 2.67. The molecule has 22 heavy (non-hydrogen) atoms. The minimum Gasteiger partial charge on any atom is -0.456 e. The van der Waals surface area contributed by atoms with Crippen molar-refractivity contribution in [2.24, 2.45) is 0 Å². The normalized spacial score (nSPS) is 24.8. The van der Waals surface area contributed by atoms with Crippen molar-refractivity contribution in [1.82, 2.24) is 10.2 Å². The van der Waals surface area contributed by atoms with E-state index in [1.807, 2.05) is 0 Å². The summed E-state index contributed by atoms with van der Waals surface area (Å²) in [5.41, 5.74) is -0.758. The minimum atomic E-state index is -0.514. The highest BCUT2D eigenvalue weighted by Gasteiger charge is 2.42. The van der Waals surface area contributed by atoms with Crippen LogP contribution < -0.4 is 10.7 Å². The Morgan fingerprint density at radius 2 is 2.09 bits per heavy atom. The third kappa shape index (κ3) is 2.84. The number of aryl methyl sites for hydroxylation is 1. The fourth-order valence-corrected chi connectivity index (χ4v) is 3.02. The molecule has 7 heteroatoms. The molecule has 3 rings (SSSR count). The van der Waals surface area contributed by atoms with Gasteiger partial charge in [0.2, 0.25) is 0 Å². The summed E-state index contributed by atoms with van der Waals surface area (Å²) in [5.74, 6) is 0.175. The van der Waals surface area contributed by atoms with Crippen LogP contribution in [0.1, 0.15) is 35.6 Å². The third-order valence-electron chi connectivity index (χ3n) is 4.15. The number of nitrogens with one attached hydrogen (secondary N) is 1. The molecule has 0 radical (unpaired) electrons. The van der Waals surface area contributed by atoms with Gasteiger partial charge in [0, 0.05) is 31.6 Å². The Kier molecular flexibility index (Phi) is 3.64. The molecule has 0 unspecified atom stereocenters. The van der Waals surface area contributed by atoms with Crippen LogP contribution in [0.2, 0.25) is 0 Å². The van der Waals surface area contributed by atoms with E-state index < -0.39 is 11.7 Å². The van der Waals surface area contributed by atoms with Gasteiger partial charge in [0.25, 0.3) is 5.91 Å². The lowest BCUT2D eigenvalue weighted by atomic mass is 9.95. The summed E-state index contributed by atoms with van der Waals surface area (Å²) in [4.78, 5) is 36.9. The summed E-state index contributed by atoms with van der Waals surface area (Å²) in [6, 6.07) is 2.56. The lowest BCUT2D eigenvalue weighted by Crippen LogP contribution is -2.36. The molecule has 2 aliphatic heterocycles. The van der Waals surface area contributed by atoms with Crippen molar-refractivity contribution in [3.8, 4) is 0 Å². The molecular weight excluding hydrogens is 288 g/mol. The molecular formula is C15H18N2O5. The highest BCUT2D eigenvalue weighted by atomic mass is 16.6. The van der Waals surface area contributed by atoms with E-state index in [-0.39, 0.29) is 17.1 Å². The number of hydrogen-bond donors (Lipinski definition) is 1. The highest BCUT2D eigenvalue weighted by Crippen LogP contribution is 2.29. The van der Waals surface area contributed by atoms with Crippen molar-refractivity contribution in [3.05, 3.63) is 33.9 Å². The molecule has 1 aromatic heterocycles. The van der Waals surface area contributed by atoms with E-state index in [1.54, 1.807) is 11.8 Å². The number of carbonyl (C=O) groups is 2. The maximum atomic E-state index is 12.5. The van der Waals surface area contributed by atoms with Gasteiger partial charge in [-0.1, -0.05) is 0 Å². The predicted octanol–water partition coefficient (Wildman–Crippen LogP) is 1.05. The Hall–Kier alpha value is -2.31. The first-order valence-corrected chi connectivity index (χ1v) is 7.35. The number of hydrogen-bond acceptors (Lipinski definition) is 5. The van der Waals surface area contributed by atoms with Crippen molar-refractivity contribution in [1.29, 1.82) is 0 Å². The molecule has 2 fully saturated rings. The number of alkyl carbamates (subject to hydrolysis) is 1. The van der Waals surface area contributed by atoms with Gasteiger partial charge < -0.3 is 19.4 Å². The van der Waals surface area contributed by atoms with Gasteiger partial charge in [0.05, 0.1) is 6.54 Å². The monoisotopic (exact) mass is 306 g/mol. The zero-order valence-electron chi connectivity index (χ0n) is 12.4. The second kappa shape index (κ2) is 5.47. The van der Waals surface area contributed by atoms with E-state index in [0.717, 1.165) is 6.42 Å². The Bertz CT molecular complexity index is 668. The molecule has 2 amide bonds. The highest BCUT2D eigenvalue weighted by molar-refractivity contribution is 5.91. The molecule has 1 atom stereocenters. The quantitative estimate of drug-likeness (QED) is 0.838. The first-order chi connectivity index (χ1) is 10.5. The lowest BCUT2D eigenvalue weighted by molar-refractivity contribution is 0.0435. The molecule has 2 aliphatic rings. The van der Waals surface area contributed by atoms with Crippen molar-refractivity contribution >= 4 is 12.0 Å². The van der Waals surface area contributed by atoms with Crippen molar-refractivity contribution in [2.45, 2.75) is 31.8 Å². The summed E-state index contributed by atoms with van der Waals surface area (Å²) < 4.78 is 10.7. The smallest absolute Gasteiger partial charge is 0.407 e. The van der Waals surface area contributed by atoms with Crippen molar-refractivity contribution < 1.29 is 18.7 Å². The molecule has 1 aromatic rings. The molecule has 0 aliphatic carbocycles. The number of carbonyl (C=O) groups excluding carboxylic acids is 2. The van der Waals surface area contributed by atoms with Crippen molar-refractivity contribution in [3.63, 3.8) is 0 Å². The van der Waals surface area contributed by atoms with Crippen LogP contribution in [-0.2, 0) is 4.74 Å². The zero-order chi connectivity index (χ0) is 15.7. The minimum absolute atomic E-state index is 0.0579. The van der Waals surface area contributed by atoms with Crippen LogP contribution in [0.4, 0.5) is 4.79 Å². The first kappa shape index (κ1) is 14.6. The predicted molar refractivity (Wildman–Crippen MR) is 76.7 cm³/mol. The second-order valence-electron chi connectivity index (χ2n) is 5.84. The Morgan fingerprint density at radius 1 is 1.27 bits per heavy atom. The molecule has 1 spiro atoms. The Morgan fingerprint density at radius 3 is 2.77 bits per heavy atom. The van der Waals surface area contributed by atoms with Crippen LogP contribution in [-0.4, -0.2) is 42.1 Å². The topological polar surface area (TPSA) is 88.9 Å². The molecule has 1 N–H and O–H groups in total. The van der Waals surface area contributed by atoms with Gasteiger partial charge in [0.1, 0.15) is 11.4 Å². The summed E-state index contributed by atoms with van der Waals surface area (Å²) in [6.07, 6.45) is 1.63. The largest absolute Gasteiger partial charge is 0.456 e. The molecule has 3 heterocycles. The van der Waals surface area contributed by atoms with Crippen LogP contribution in [0.5, 0.6) is 0 Å². The van der Waals surface area contributed by atoms with Crippen LogP contribution in [0, 0.1) is 6.92 Å². The summed E-state index contributed by atoms with van der Waals surface area (Å²) >= 11 is 0. The van der Waals surface area contributed by atoms with E-state index in [2.05, 4.69) is 5.32 Å². The van der Waals surface area contributed by atoms with Crippen LogP contribution in [0.25, 0.3) is 0 Å². The average molecular weight is 306 g/mol. The van der Waals surface area contributed by atoms with Gasteiger partial charge in [-0.2, -0.15) is 0 Å². The molecule has 0 aromatic carbocycles. The average Bonchev–Trinajstić information content (AvgIpc) is 2.69. The van der Waals surface area contributed by atoms with Crippen LogP contribution in [0.3, 0.4) is 0 Å². The van der Waals surface area contributed by atoms with E-state index in [9.17, 15) is 14.4 Å². The standard InChI is InChI=1S/C15H18N2O5/c1-10-7-11(18)8-12(21-10)13(19)17-5-2-3-15(4-6-17)9-16-14(20)22-15/h7-8H,2-6,9H2,1H3,(H,16,20)/t15-/m0/s1. The number of amides is 2. The second-order valence-corrected chi connectivity index (χ2v) is 5.84. The summed E-state index contributed by atoms with van der Waals surface area (Å²) in [6.45, 7) is 3.13. The Labute approximate surface area is 127 Å². The molecule has 118 valence electrons. The molecule has 0 bridgehead atoms. The van der Waals surface area contributed by atoms with Gasteiger partial charge in [-0.25, -0.2) is 4.79 Å². The van der Waals surface area contributed by atoms with E-state index in [4.69, 9.17) is 9.15 Å². The molecule has 0 saturated carbocycles. The zero-order valence-corrected chi connectivity index (χ0v) is 12.4. The number of nitrogens with zero attached hydrogens (tertiary/aromatic N) is 1. The van der Waals surface area contributed by atoms with E-state index in [0.29, 0.717) is 38.2 Å². The molecule has 2 saturated heterocycles. The van der Waals surface area contributed by atoms with Gasteiger partial charge >= 0.3 is 6.09 Å². The van der Waals surface area contributed by atoms with Crippen molar-refractivity contribution in [2.75, 3.05) is 19.6 Å². The fourth-order valence-electron chi connectivity index (χ4n) is 3.02. The summed E-state index contributed by atoms with van der Waals surface area (Å²) in [7, 11) is 0. The Balaban J connectivity index is 1.74. The lowest BCUT2D eigenvalue weighted by Gasteiger charge is -2.24. The van der Waals surface area contributed by atoms with Crippen LogP contribution >= 0.6 is 0 Å².